The molecule has 4 N–H and O–H groups in total. The van der Waals surface area contributed by atoms with E-state index in [-0.39, 0.29) is 39.6 Å². The number of fused-ring (bicyclic) bond motifs is 1. The largest absolute Gasteiger partial charge is 0.454 e. The lowest BCUT2D eigenvalue weighted by Crippen LogP contribution is -2.30. The maximum Gasteiger partial charge on any atom is 0.341 e. The highest BCUT2D eigenvalue weighted by Gasteiger charge is 2.22. The predicted octanol–water partition coefficient (Wildman–Crippen LogP) is 2.37. The molecule has 0 fully saturated rings. The number of sulfonamides is 1. The average Bonchev–Trinajstić information content (AvgIpc) is 3.35. The Hall–Kier alpha value is -4.14. The number of carbonyl (C=O) groups excluding carboxylic acids is 3. The third-order valence-electron chi connectivity index (χ3n) is 5.09. The second kappa shape index (κ2) is 11.5. The molecule has 14 heteroatoms. The minimum Gasteiger partial charge on any atom is -0.454 e. The van der Waals surface area contributed by atoms with E-state index >= 15 is 0 Å². The zero-order chi connectivity index (χ0) is 27.3. The average molecular weight is 559 g/mol. The summed E-state index contributed by atoms with van der Waals surface area (Å²) in [6.45, 7) is 1.50. The molecule has 0 aliphatic carbocycles. The molecule has 1 unspecified atom stereocenters. The maximum absolute atomic E-state index is 12.8. The molecule has 0 saturated heterocycles. The number of hydrogen-bond acceptors (Lipinski definition) is 10. The molecule has 1 aliphatic heterocycles. The molecule has 0 radical (unpaired) electrons. The Bertz CT molecular complexity index is 1480. The highest BCUT2D eigenvalue weighted by atomic mass is 32.2. The zero-order valence-electron chi connectivity index (χ0n) is 19.9. The number of pyridine rings is 1. The molecule has 2 aromatic carbocycles. The standard InChI is InChI=1S/C24H22N4O8S2/c1-14(22(30)28-15-4-7-17(8-5-15)38(25,32)33)36-24(31)18-3-2-10-26-23(18)37-12-21(29)27-16-6-9-19-20(11-16)35-13-34-19/h2-11,14H,12-13H2,1H3,(H,27,29)(H,28,30)(H2,25,32,33). The molecule has 1 aromatic heterocycles. The summed E-state index contributed by atoms with van der Waals surface area (Å²) in [6.07, 6.45) is 0.281. The van der Waals surface area contributed by atoms with Crippen molar-refractivity contribution in [3.8, 4) is 11.5 Å². The minimum absolute atomic E-state index is 0.0453. The summed E-state index contributed by atoms with van der Waals surface area (Å²) < 4.78 is 38.5. The molecule has 1 aliphatic rings. The molecule has 1 atom stereocenters. The lowest BCUT2D eigenvalue weighted by molar-refractivity contribution is -0.123. The molecule has 12 nitrogen and oxygen atoms in total. The van der Waals surface area contributed by atoms with E-state index in [4.69, 9.17) is 19.3 Å². The smallest absolute Gasteiger partial charge is 0.341 e. The third kappa shape index (κ3) is 6.79. The second-order valence-electron chi connectivity index (χ2n) is 7.87. The number of nitrogens with zero attached hydrogens (tertiary/aromatic N) is 1. The molecule has 0 saturated carbocycles. The lowest BCUT2D eigenvalue weighted by atomic mass is 10.2. The molecule has 38 heavy (non-hydrogen) atoms. The van der Waals surface area contributed by atoms with Crippen molar-refractivity contribution in [2.24, 2.45) is 5.14 Å². The van der Waals surface area contributed by atoms with E-state index in [1.54, 1.807) is 18.2 Å². The fraction of sp³-hybridized carbons (Fsp3) is 0.167. The highest BCUT2D eigenvalue weighted by Crippen LogP contribution is 2.34. The van der Waals surface area contributed by atoms with Gasteiger partial charge < -0.3 is 24.8 Å². The summed E-state index contributed by atoms with van der Waals surface area (Å²) in [5, 5.41) is 10.6. The number of nitrogens with two attached hydrogens (primary N) is 1. The van der Waals surface area contributed by atoms with Gasteiger partial charge in [0, 0.05) is 23.6 Å². The van der Waals surface area contributed by atoms with Gasteiger partial charge in [-0.3, -0.25) is 9.59 Å². The summed E-state index contributed by atoms with van der Waals surface area (Å²) in [7, 11) is -3.87. The van der Waals surface area contributed by atoms with E-state index in [1.807, 2.05) is 0 Å². The van der Waals surface area contributed by atoms with Gasteiger partial charge in [0.2, 0.25) is 22.7 Å². The van der Waals surface area contributed by atoms with E-state index in [2.05, 4.69) is 15.6 Å². The summed E-state index contributed by atoms with van der Waals surface area (Å²) in [5.74, 6) is -0.691. The Labute approximate surface area is 221 Å². The molecule has 2 heterocycles. The van der Waals surface area contributed by atoms with Crippen molar-refractivity contribution in [2.75, 3.05) is 23.2 Å². The number of primary sulfonamides is 1. The topological polar surface area (TPSA) is 176 Å². The van der Waals surface area contributed by atoms with Gasteiger partial charge in [0.15, 0.2) is 17.6 Å². The molecule has 0 spiro atoms. The Balaban J connectivity index is 1.32. The SMILES string of the molecule is CC(OC(=O)c1cccnc1SCC(=O)Nc1ccc2c(c1)OCO2)C(=O)Nc1ccc(S(N)(=O)=O)cc1. The number of thioether (sulfide) groups is 1. The quantitative estimate of drug-likeness (QED) is 0.261. The Morgan fingerprint density at radius 3 is 2.50 bits per heavy atom. The summed E-state index contributed by atoms with van der Waals surface area (Å²) >= 11 is 1.03. The van der Waals surface area contributed by atoms with Crippen molar-refractivity contribution < 1.29 is 37.0 Å². The van der Waals surface area contributed by atoms with Gasteiger partial charge in [-0.1, -0.05) is 11.8 Å². The van der Waals surface area contributed by atoms with E-state index in [0.717, 1.165) is 11.8 Å². The number of ether oxygens (including phenoxy) is 3. The van der Waals surface area contributed by atoms with Crippen LogP contribution in [0.1, 0.15) is 17.3 Å². The van der Waals surface area contributed by atoms with Crippen LogP contribution in [-0.2, 0) is 24.3 Å². The molecule has 2 amide bonds. The van der Waals surface area contributed by atoms with E-state index in [9.17, 15) is 22.8 Å². The normalized spacial score (nSPS) is 12.9. The maximum atomic E-state index is 12.8. The van der Waals surface area contributed by atoms with Gasteiger partial charge >= 0.3 is 5.97 Å². The monoisotopic (exact) mass is 558 g/mol. The zero-order valence-corrected chi connectivity index (χ0v) is 21.5. The second-order valence-corrected chi connectivity index (χ2v) is 10.4. The fourth-order valence-corrected chi connectivity index (χ4v) is 4.51. The number of aromatic nitrogens is 1. The van der Waals surface area contributed by atoms with Gasteiger partial charge in [0.05, 0.1) is 16.2 Å². The number of esters is 1. The van der Waals surface area contributed by atoms with Crippen LogP contribution in [0.2, 0.25) is 0 Å². The van der Waals surface area contributed by atoms with Crippen molar-refractivity contribution >= 4 is 50.9 Å². The van der Waals surface area contributed by atoms with Crippen LogP contribution in [0.4, 0.5) is 11.4 Å². The number of rotatable bonds is 9. The molecular formula is C24H22N4O8S2. The van der Waals surface area contributed by atoms with E-state index in [1.165, 1.54) is 49.5 Å². The molecule has 0 bridgehead atoms. The first-order valence-electron chi connectivity index (χ1n) is 11.0. The van der Waals surface area contributed by atoms with Crippen LogP contribution in [0, 0.1) is 0 Å². The van der Waals surface area contributed by atoms with Crippen molar-refractivity contribution in [2.45, 2.75) is 22.9 Å². The van der Waals surface area contributed by atoms with Crippen molar-refractivity contribution in [3.63, 3.8) is 0 Å². The summed E-state index contributed by atoms with van der Waals surface area (Å²) in [6, 6.07) is 13.2. The van der Waals surface area contributed by atoms with Gasteiger partial charge in [-0.05, 0) is 55.5 Å². The lowest BCUT2D eigenvalue weighted by Gasteiger charge is -2.15. The minimum atomic E-state index is -3.87. The number of hydrogen-bond donors (Lipinski definition) is 3. The number of carbonyl (C=O) groups is 3. The van der Waals surface area contributed by atoms with Gasteiger partial charge in [0.1, 0.15) is 5.03 Å². The Morgan fingerprint density at radius 2 is 1.76 bits per heavy atom. The Morgan fingerprint density at radius 1 is 1.05 bits per heavy atom. The molecule has 3 aromatic rings. The van der Waals surface area contributed by atoms with Crippen molar-refractivity contribution in [1.29, 1.82) is 0 Å². The third-order valence-corrected chi connectivity index (χ3v) is 7.03. The Kier molecular flexibility index (Phi) is 8.14. The van der Waals surface area contributed by atoms with Crippen molar-refractivity contribution in [3.05, 3.63) is 66.4 Å². The molecule has 198 valence electrons. The van der Waals surface area contributed by atoms with Crippen LogP contribution in [0.25, 0.3) is 0 Å². The summed E-state index contributed by atoms with van der Waals surface area (Å²) in [5.41, 5.74) is 0.904. The number of anilines is 2. The molecule has 4 rings (SSSR count). The van der Waals surface area contributed by atoms with Gasteiger partial charge in [-0.15, -0.1) is 0 Å². The van der Waals surface area contributed by atoms with Crippen LogP contribution < -0.4 is 25.2 Å². The predicted molar refractivity (Wildman–Crippen MR) is 137 cm³/mol. The first kappa shape index (κ1) is 26.9. The number of benzene rings is 2. The van der Waals surface area contributed by atoms with Crippen LogP contribution >= 0.6 is 11.8 Å². The first-order valence-corrected chi connectivity index (χ1v) is 13.6. The van der Waals surface area contributed by atoms with Crippen LogP contribution in [0.15, 0.2) is 70.7 Å². The first-order chi connectivity index (χ1) is 18.1. The van der Waals surface area contributed by atoms with Gasteiger partial charge in [-0.25, -0.2) is 23.3 Å². The van der Waals surface area contributed by atoms with E-state index < -0.39 is 28.0 Å². The number of nitrogens with one attached hydrogen (secondary N) is 2. The van der Waals surface area contributed by atoms with Gasteiger partial charge in [0.25, 0.3) is 5.91 Å². The van der Waals surface area contributed by atoms with Crippen LogP contribution in [0.3, 0.4) is 0 Å². The van der Waals surface area contributed by atoms with Crippen LogP contribution in [-0.4, -0.2) is 49.8 Å². The summed E-state index contributed by atoms with van der Waals surface area (Å²) in [4.78, 5) is 41.7. The fourth-order valence-electron chi connectivity index (χ4n) is 3.22. The van der Waals surface area contributed by atoms with Crippen LogP contribution in [0.5, 0.6) is 11.5 Å². The van der Waals surface area contributed by atoms with E-state index in [0.29, 0.717) is 17.2 Å². The van der Waals surface area contributed by atoms with Gasteiger partial charge in [-0.2, -0.15) is 0 Å². The molecular weight excluding hydrogens is 536 g/mol. The van der Waals surface area contributed by atoms with Crippen molar-refractivity contribution in [1.82, 2.24) is 4.98 Å². The number of amides is 2. The highest BCUT2D eigenvalue weighted by molar-refractivity contribution is 8.00.